The van der Waals surface area contributed by atoms with E-state index < -0.39 is 6.36 Å². The summed E-state index contributed by atoms with van der Waals surface area (Å²) in [5, 5.41) is 6.26. The Morgan fingerprint density at radius 1 is 1.20 bits per heavy atom. The molecule has 0 fully saturated rings. The Balaban J connectivity index is 0.00000156. The molecule has 2 heterocycles. The minimum absolute atomic E-state index is 0. The van der Waals surface area contributed by atoms with Gasteiger partial charge in [0.2, 0.25) is 5.95 Å². The van der Waals surface area contributed by atoms with E-state index in [4.69, 9.17) is 0 Å². The monoisotopic (exact) mass is 396 g/mol. The third kappa shape index (κ3) is 6.22. The topological polar surface area (TPSA) is 59.1 Å². The largest absolute Gasteiger partial charge is 0.573 e. The van der Waals surface area contributed by atoms with E-state index in [0.717, 1.165) is 29.9 Å². The van der Waals surface area contributed by atoms with Crippen LogP contribution in [0, 0.1) is 0 Å². The van der Waals surface area contributed by atoms with Gasteiger partial charge in [-0.15, -0.1) is 38.0 Å². The molecule has 2 N–H and O–H groups in total. The Hall–Kier alpha value is -1.77. The van der Waals surface area contributed by atoms with E-state index in [-0.39, 0.29) is 30.6 Å². The molecule has 0 unspecified atom stereocenters. The summed E-state index contributed by atoms with van der Waals surface area (Å²) in [6, 6.07) is 5.94. The molecule has 0 radical (unpaired) electrons. The predicted molar refractivity (Wildman–Crippen MR) is 92.4 cm³/mol. The van der Waals surface area contributed by atoms with Crippen LogP contribution in [0.15, 0.2) is 30.5 Å². The Morgan fingerprint density at radius 2 is 2.00 bits per heavy atom. The van der Waals surface area contributed by atoms with Crippen molar-refractivity contribution in [3.8, 4) is 5.75 Å². The van der Waals surface area contributed by atoms with E-state index in [9.17, 15) is 13.2 Å². The fourth-order valence-electron chi connectivity index (χ4n) is 2.36. The maximum absolute atomic E-state index is 12.2. The van der Waals surface area contributed by atoms with Gasteiger partial charge in [-0.3, -0.25) is 0 Å². The summed E-state index contributed by atoms with van der Waals surface area (Å²) in [4.78, 5) is 8.60. The number of halogens is 5. The van der Waals surface area contributed by atoms with Crippen molar-refractivity contribution in [2.45, 2.75) is 25.9 Å². The molecule has 5 nitrogen and oxygen atoms in total. The summed E-state index contributed by atoms with van der Waals surface area (Å²) in [7, 11) is 0. The molecule has 0 bridgehead atoms. The quantitative estimate of drug-likeness (QED) is 0.809. The second-order valence-electron chi connectivity index (χ2n) is 5.14. The maximum Gasteiger partial charge on any atom is 0.573 e. The van der Waals surface area contributed by atoms with Crippen LogP contribution in [-0.2, 0) is 19.5 Å². The molecule has 10 heteroatoms. The molecular weight excluding hydrogens is 380 g/mol. The predicted octanol–water partition coefficient (Wildman–Crippen LogP) is 3.48. The lowest BCUT2D eigenvalue weighted by atomic mass is 10.1. The smallest absolute Gasteiger partial charge is 0.406 e. The fraction of sp³-hybridized carbons (Fsp3) is 0.333. The lowest BCUT2D eigenvalue weighted by molar-refractivity contribution is -0.274. The van der Waals surface area contributed by atoms with Crippen molar-refractivity contribution in [3.63, 3.8) is 0 Å². The number of alkyl halides is 3. The number of anilines is 1. The van der Waals surface area contributed by atoms with Crippen molar-refractivity contribution >= 4 is 30.8 Å². The average Bonchev–Trinajstić information content (AvgIpc) is 2.93. The highest BCUT2D eigenvalue weighted by Gasteiger charge is 2.31. The van der Waals surface area contributed by atoms with Gasteiger partial charge in [-0.05, 0) is 24.1 Å². The Labute approximate surface area is 155 Å². The molecule has 1 aliphatic heterocycles. The van der Waals surface area contributed by atoms with Gasteiger partial charge in [-0.1, -0.05) is 12.1 Å². The first-order valence-corrected chi connectivity index (χ1v) is 7.14. The summed E-state index contributed by atoms with van der Waals surface area (Å²) in [5.74, 6) is 0.310. The van der Waals surface area contributed by atoms with E-state index in [2.05, 4.69) is 25.3 Å². The number of nitrogens with one attached hydrogen (secondary N) is 2. The number of hydrogen-bond donors (Lipinski definition) is 2. The van der Waals surface area contributed by atoms with Crippen molar-refractivity contribution in [2.75, 3.05) is 11.9 Å². The summed E-state index contributed by atoms with van der Waals surface area (Å²) >= 11 is 0. The average molecular weight is 397 g/mol. The molecule has 0 spiro atoms. The summed E-state index contributed by atoms with van der Waals surface area (Å²) in [6.07, 6.45) is -2.36. The van der Waals surface area contributed by atoms with Gasteiger partial charge in [0, 0.05) is 31.4 Å². The maximum atomic E-state index is 12.2. The van der Waals surface area contributed by atoms with E-state index in [1.54, 1.807) is 12.3 Å². The zero-order valence-electron chi connectivity index (χ0n) is 13.0. The van der Waals surface area contributed by atoms with Gasteiger partial charge in [0.05, 0.1) is 5.69 Å². The first-order chi connectivity index (χ1) is 11.0. The van der Waals surface area contributed by atoms with Crippen LogP contribution in [0.5, 0.6) is 5.75 Å². The minimum Gasteiger partial charge on any atom is -0.406 e. The molecule has 1 aromatic heterocycles. The van der Waals surface area contributed by atoms with Crippen molar-refractivity contribution in [3.05, 3.63) is 47.3 Å². The molecule has 2 aromatic rings. The van der Waals surface area contributed by atoms with Crippen LogP contribution in [0.4, 0.5) is 19.1 Å². The van der Waals surface area contributed by atoms with Gasteiger partial charge in [-0.25, -0.2) is 9.97 Å². The minimum atomic E-state index is -4.68. The number of ether oxygens (including phenoxy) is 1. The van der Waals surface area contributed by atoms with Crippen LogP contribution < -0.4 is 15.4 Å². The molecule has 0 atom stereocenters. The third-order valence-corrected chi connectivity index (χ3v) is 3.39. The number of rotatable bonds is 5. The second-order valence-corrected chi connectivity index (χ2v) is 5.14. The number of benzene rings is 1. The number of hydrogen-bond acceptors (Lipinski definition) is 5. The summed E-state index contributed by atoms with van der Waals surface area (Å²) in [6.45, 7) is 2.02. The van der Waals surface area contributed by atoms with E-state index >= 15 is 0 Å². The summed E-state index contributed by atoms with van der Waals surface area (Å²) < 4.78 is 40.5. The molecule has 1 aromatic carbocycles. The molecular formula is C15H17Cl2F3N4O. The van der Waals surface area contributed by atoms with Gasteiger partial charge >= 0.3 is 6.36 Å². The molecule has 0 amide bonds. The van der Waals surface area contributed by atoms with Crippen LogP contribution in [0.1, 0.15) is 16.8 Å². The van der Waals surface area contributed by atoms with E-state index in [0.29, 0.717) is 18.9 Å². The number of aromatic nitrogens is 2. The van der Waals surface area contributed by atoms with Gasteiger partial charge < -0.3 is 15.4 Å². The van der Waals surface area contributed by atoms with Crippen molar-refractivity contribution in [1.82, 2.24) is 15.3 Å². The first-order valence-electron chi connectivity index (χ1n) is 7.14. The van der Waals surface area contributed by atoms with Crippen molar-refractivity contribution < 1.29 is 17.9 Å². The molecule has 25 heavy (non-hydrogen) atoms. The zero-order chi connectivity index (χ0) is 16.3. The molecule has 0 saturated carbocycles. The molecule has 0 aliphatic carbocycles. The number of nitrogens with zero attached hydrogens (tertiary/aromatic N) is 2. The third-order valence-electron chi connectivity index (χ3n) is 3.39. The van der Waals surface area contributed by atoms with Crippen LogP contribution in [-0.4, -0.2) is 22.9 Å². The van der Waals surface area contributed by atoms with Crippen LogP contribution in [0.25, 0.3) is 0 Å². The van der Waals surface area contributed by atoms with Gasteiger partial charge in [0.1, 0.15) is 5.75 Å². The van der Waals surface area contributed by atoms with Crippen LogP contribution in [0.2, 0.25) is 0 Å². The normalized spacial score (nSPS) is 12.6. The standard InChI is InChI=1S/C15H15F3N4O.2ClH/c16-15(17,18)23-12-3-1-2-10(6-12)4-5-20-14-21-8-11-7-19-9-13(11)22-14;;/h1-3,6,8,19H,4-5,7,9H2,(H,20,21,22);2*1H. The SMILES string of the molecule is Cl.Cl.FC(F)(F)Oc1cccc(CCNc2ncc3c(n2)CNC3)c1. The zero-order valence-corrected chi connectivity index (χ0v) is 14.6. The summed E-state index contributed by atoms with van der Waals surface area (Å²) in [5.41, 5.74) is 2.80. The lowest BCUT2D eigenvalue weighted by Gasteiger charge is -2.10. The first kappa shape index (κ1) is 21.3. The highest BCUT2D eigenvalue weighted by Crippen LogP contribution is 2.23. The molecule has 1 aliphatic rings. The van der Waals surface area contributed by atoms with Crippen molar-refractivity contribution in [2.24, 2.45) is 0 Å². The van der Waals surface area contributed by atoms with Crippen LogP contribution in [0.3, 0.4) is 0 Å². The van der Waals surface area contributed by atoms with Gasteiger partial charge in [-0.2, -0.15) is 0 Å². The van der Waals surface area contributed by atoms with Crippen molar-refractivity contribution in [1.29, 1.82) is 0 Å². The Kier molecular flexibility index (Phi) is 7.72. The van der Waals surface area contributed by atoms with Gasteiger partial charge in [0.25, 0.3) is 0 Å². The lowest BCUT2D eigenvalue weighted by Crippen LogP contribution is -2.17. The Morgan fingerprint density at radius 3 is 2.76 bits per heavy atom. The van der Waals surface area contributed by atoms with Crippen LogP contribution >= 0.6 is 24.8 Å². The molecule has 0 saturated heterocycles. The Bertz CT molecular complexity index is 701. The fourth-order valence-corrected chi connectivity index (χ4v) is 2.36. The highest BCUT2D eigenvalue weighted by molar-refractivity contribution is 5.85. The molecule has 138 valence electrons. The van der Waals surface area contributed by atoms with E-state index in [1.165, 1.54) is 18.2 Å². The van der Waals surface area contributed by atoms with Gasteiger partial charge in [0.15, 0.2) is 0 Å². The second kappa shape index (κ2) is 9.07. The number of fused-ring (bicyclic) bond motifs is 1. The highest BCUT2D eigenvalue weighted by atomic mass is 35.5. The van der Waals surface area contributed by atoms with E-state index in [1.807, 2.05) is 0 Å². The molecule has 3 rings (SSSR count).